The van der Waals surface area contributed by atoms with Gasteiger partial charge in [0.1, 0.15) is 11.7 Å². The van der Waals surface area contributed by atoms with E-state index in [-0.39, 0.29) is 17.2 Å². The molecule has 1 heterocycles. The SMILES string of the molecule is CCCCCn1nc(C(=O)N[C@@H](C(=O)OC)C(C)C)cc1C(C)(C)C. The van der Waals surface area contributed by atoms with Crippen LogP contribution < -0.4 is 5.32 Å². The van der Waals surface area contributed by atoms with E-state index in [0.717, 1.165) is 31.5 Å². The average molecular weight is 351 g/mol. The van der Waals surface area contributed by atoms with Gasteiger partial charge in [-0.15, -0.1) is 0 Å². The van der Waals surface area contributed by atoms with Crippen molar-refractivity contribution in [2.45, 2.75) is 78.8 Å². The topological polar surface area (TPSA) is 73.2 Å². The Labute approximate surface area is 151 Å². The Kier molecular flexibility index (Phi) is 7.64. The molecule has 142 valence electrons. The van der Waals surface area contributed by atoms with Crippen molar-refractivity contribution >= 4 is 11.9 Å². The van der Waals surface area contributed by atoms with Crippen molar-refractivity contribution in [3.8, 4) is 0 Å². The minimum atomic E-state index is -0.680. The number of nitrogens with one attached hydrogen (secondary N) is 1. The Morgan fingerprint density at radius 3 is 2.40 bits per heavy atom. The summed E-state index contributed by atoms with van der Waals surface area (Å²) in [6, 6.07) is 1.15. The maximum atomic E-state index is 12.6. The number of methoxy groups -OCH3 is 1. The number of ether oxygens (including phenoxy) is 1. The summed E-state index contributed by atoms with van der Waals surface area (Å²) in [6.45, 7) is 13.0. The molecule has 0 radical (unpaired) electrons. The van der Waals surface area contributed by atoms with Crippen molar-refractivity contribution in [3.63, 3.8) is 0 Å². The van der Waals surface area contributed by atoms with Gasteiger partial charge in [0.05, 0.1) is 7.11 Å². The molecule has 0 fully saturated rings. The van der Waals surface area contributed by atoms with E-state index in [1.54, 1.807) is 0 Å². The molecule has 6 heteroatoms. The Morgan fingerprint density at radius 2 is 1.92 bits per heavy atom. The quantitative estimate of drug-likeness (QED) is 0.576. The Balaban J connectivity index is 3.03. The van der Waals surface area contributed by atoms with Crippen LogP contribution in [0, 0.1) is 5.92 Å². The van der Waals surface area contributed by atoms with Gasteiger partial charge in [0.15, 0.2) is 0 Å². The molecule has 1 atom stereocenters. The van der Waals surface area contributed by atoms with Crippen LogP contribution in [0.2, 0.25) is 0 Å². The van der Waals surface area contributed by atoms with Gasteiger partial charge >= 0.3 is 5.97 Å². The third-order valence-electron chi connectivity index (χ3n) is 4.16. The zero-order valence-electron chi connectivity index (χ0n) is 16.7. The molecule has 0 bridgehead atoms. The molecule has 1 amide bonds. The molecule has 0 saturated heterocycles. The van der Waals surface area contributed by atoms with Crippen LogP contribution in [0.15, 0.2) is 6.07 Å². The fourth-order valence-electron chi connectivity index (χ4n) is 2.65. The summed E-state index contributed by atoms with van der Waals surface area (Å²) < 4.78 is 6.70. The third-order valence-corrected chi connectivity index (χ3v) is 4.16. The second kappa shape index (κ2) is 9.02. The largest absolute Gasteiger partial charge is 0.467 e. The summed E-state index contributed by atoms with van der Waals surface area (Å²) in [5.41, 5.74) is 1.25. The van der Waals surface area contributed by atoms with Crippen molar-refractivity contribution < 1.29 is 14.3 Å². The van der Waals surface area contributed by atoms with E-state index in [1.165, 1.54) is 7.11 Å². The highest BCUT2D eigenvalue weighted by molar-refractivity contribution is 5.95. The van der Waals surface area contributed by atoms with Crippen LogP contribution in [0.4, 0.5) is 0 Å². The van der Waals surface area contributed by atoms with Gasteiger partial charge in [0.25, 0.3) is 5.91 Å². The molecule has 1 rings (SSSR count). The molecule has 0 saturated carbocycles. The van der Waals surface area contributed by atoms with Gasteiger partial charge < -0.3 is 10.1 Å². The molecule has 1 aromatic heterocycles. The van der Waals surface area contributed by atoms with Crippen molar-refractivity contribution in [1.82, 2.24) is 15.1 Å². The lowest BCUT2D eigenvalue weighted by Gasteiger charge is -2.20. The van der Waals surface area contributed by atoms with Gasteiger partial charge in [-0.25, -0.2) is 4.79 Å². The molecular formula is C19H33N3O3. The number of amides is 1. The van der Waals surface area contributed by atoms with Crippen LogP contribution in [-0.4, -0.2) is 34.8 Å². The van der Waals surface area contributed by atoms with Gasteiger partial charge in [-0.1, -0.05) is 54.4 Å². The van der Waals surface area contributed by atoms with Gasteiger partial charge in [-0.05, 0) is 18.4 Å². The molecular weight excluding hydrogens is 318 g/mol. The average Bonchev–Trinajstić information content (AvgIpc) is 2.96. The molecule has 0 aliphatic carbocycles. The van der Waals surface area contributed by atoms with E-state index in [9.17, 15) is 9.59 Å². The minimum Gasteiger partial charge on any atom is -0.467 e. The number of aryl methyl sites for hydroxylation is 1. The first kappa shape index (κ1) is 21.2. The fraction of sp³-hybridized carbons (Fsp3) is 0.737. The van der Waals surface area contributed by atoms with E-state index in [4.69, 9.17) is 4.74 Å². The molecule has 0 unspecified atom stereocenters. The van der Waals surface area contributed by atoms with Crippen LogP contribution in [0.5, 0.6) is 0 Å². The first-order valence-electron chi connectivity index (χ1n) is 9.08. The summed E-state index contributed by atoms with van der Waals surface area (Å²) in [6.07, 6.45) is 3.29. The number of hydrogen-bond donors (Lipinski definition) is 1. The number of carbonyl (C=O) groups is 2. The van der Waals surface area contributed by atoms with E-state index < -0.39 is 12.0 Å². The number of rotatable bonds is 8. The highest BCUT2D eigenvalue weighted by atomic mass is 16.5. The summed E-state index contributed by atoms with van der Waals surface area (Å²) in [4.78, 5) is 24.5. The molecule has 0 aliphatic heterocycles. The number of nitrogens with zero attached hydrogens (tertiary/aromatic N) is 2. The van der Waals surface area contributed by atoms with Gasteiger partial charge in [-0.3, -0.25) is 9.48 Å². The van der Waals surface area contributed by atoms with E-state index >= 15 is 0 Å². The van der Waals surface area contributed by atoms with Crippen molar-refractivity contribution in [2.75, 3.05) is 7.11 Å². The lowest BCUT2D eigenvalue weighted by molar-refractivity contribution is -0.144. The summed E-state index contributed by atoms with van der Waals surface area (Å²) in [5, 5.41) is 7.25. The Morgan fingerprint density at radius 1 is 1.28 bits per heavy atom. The predicted molar refractivity (Wildman–Crippen MR) is 98.6 cm³/mol. The van der Waals surface area contributed by atoms with E-state index in [1.807, 2.05) is 24.6 Å². The summed E-state index contributed by atoms with van der Waals surface area (Å²) >= 11 is 0. The second-order valence-corrected chi connectivity index (χ2v) is 7.81. The lowest BCUT2D eigenvalue weighted by atomic mass is 9.91. The van der Waals surface area contributed by atoms with Gasteiger partial charge in [0.2, 0.25) is 0 Å². The van der Waals surface area contributed by atoms with Crippen LogP contribution in [0.1, 0.15) is 77.0 Å². The van der Waals surface area contributed by atoms with Crippen LogP contribution in [0.3, 0.4) is 0 Å². The van der Waals surface area contributed by atoms with Crippen LogP contribution >= 0.6 is 0 Å². The maximum absolute atomic E-state index is 12.6. The molecule has 0 aliphatic rings. The smallest absolute Gasteiger partial charge is 0.328 e. The van der Waals surface area contributed by atoms with E-state index in [2.05, 4.69) is 38.1 Å². The summed E-state index contributed by atoms with van der Waals surface area (Å²) in [5.74, 6) is -0.851. The maximum Gasteiger partial charge on any atom is 0.328 e. The van der Waals surface area contributed by atoms with Crippen molar-refractivity contribution in [3.05, 3.63) is 17.5 Å². The Hall–Kier alpha value is -1.85. The summed E-state index contributed by atoms with van der Waals surface area (Å²) in [7, 11) is 1.32. The normalized spacial score (nSPS) is 13.0. The number of unbranched alkanes of at least 4 members (excludes halogenated alkanes) is 2. The van der Waals surface area contributed by atoms with Crippen molar-refractivity contribution in [2.24, 2.45) is 5.92 Å². The third kappa shape index (κ3) is 5.87. The monoisotopic (exact) mass is 351 g/mol. The molecule has 1 aromatic rings. The highest BCUT2D eigenvalue weighted by Gasteiger charge is 2.28. The number of esters is 1. The first-order valence-corrected chi connectivity index (χ1v) is 9.08. The number of aromatic nitrogens is 2. The molecule has 1 N–H and O–H groups in total. The van der Waals surface area contributed by atoms with Crippen molar-refractivity contribution in [1.29, 1.82) is 0 Å². The van der Waals surface area contributed by atoms with E-state index in [0.29, 0.717) is 5.69 Å². The lowest BCUT2D eigenvalue weighted by Crippen LogP contribution is -2.45. The Bertz CT molecular complexity index is 585. The number of carbonyl (C=O) groups excluding carboxylic acids is 2. The molecule has 6 nitrogen and oxygen atoms in total. The predicted octanol–water partition coefficient (Wildman–Crippen LogP) is 3.30. The standard InChI is InChI=1S/C19H33N3O3/c1-8-9-10-11-22-15(19(4,5)6)12-14(21-22)17(23)20-16(13(2)3)18(24)25-7/h12-13,16H,8-11H2,1-7H3,(H,20,23)/t16-/m1/s1. The minimum absolute atomic E-state index is 0.0647. The highest BCUT2D eigenvalue weighted by Crippen LogP contribution is 2.24. The zero-order chi connectivity index (χ0) is 19.2. The first-order chi connectivity index (χ1) is 11.6. The molecule has 25 heavy (non-hydrogen) atoms. The molecule has 0 spiro atoms. The second-order valence-electron chi connectivity index (χ2n) is 7.81. The fourth-order valence-corrected chi connectivity index (χ4v) is 2.65. The van der Waals surface area contributed by atoms with Gasteiger partial charge in [0, 0.05) is 17.7 Å². The zero-order valence-corrected chi connectivity index (χ0v) is 16.7. The molecule has 0 aromatic carbocycles. The van der Waals surface area contributed by atoms with Crippen LogP contribution in [0.25, 0.3) is 0 Å². The number of hydrogen-bond acceptors (Lipinski definition) is 4. The van der Waals surface area contributed by atoms with Gasteiger partial charge in [-0.2, -0.15) is 5.10 Å². The van der Waals surface area contributed by atoms with Crippen LogP contribution in [-0.2, 0) is 21.5 Å².